The van der Waals surface area contributed by atoms with Crippen LogP contribution in [0.4, 0.5) is 0 Å². The van der Waals surface area contributed by atoms with Gasteiger partial charge in [-0.3, -0.25) is 18.5 Å². The van der Waals surface area contributed by atoms with Crippen LogP contribution in [0.2, 0.25) is 0 Å². The number of carbonyl (C=O) groups is 1. The van der Waals surface area contributed by atoms with E-state index in [2.05, 4.69) is 4.98 Å². The molecule has 1 aliphatic heterocycles. The molecule has 0 radical (unpaired) electrons. The maximum Gasteiger partial charge on any atom is 0.330 e. The highest BCUT2D eigenvalue weighted by atomic mass is 32.2. The number of aromatic amines is 1. The first-order valence-electron chi connectivity index (χ1n) is 20.4. The number of nitrogens with zero attached hydrogens (tertiary/aromatic N) is 1. The third kappa shape index (κ3) is 8.93. The lowest BCUT2D eigenvalue weighted by Crippen LogP contribution is -2.47. The van der Waals surface area contributed by atoms with Gasteiger partial charge in [0.25, 0.3) is 15.7 Å². The van der Waals surface area contributed by atoms with Crippen molar-refractivity contribution in [1.82, 2.24) is 9.55 Å². The van der Waals surface area contributed by atoms with Gasteiger partial charge in [-0.2, -0.15) is 8.42 Å². The number of ether oxygens (including phenoxy) is 3. The molecule has 13 heteroatoms. The highest BCUT2D eigenvalue weighted by molar-refractivity contribution is 7.86. The molecule has 0 amide bonds. The van der Waals surface area contributed by atoms with Crippen LogP contribution in [0.15, 0.2) is 204 Å². The summed E-state index contributed by atoms with van der Waals surface area (Å²) < 4.78 is 55.7. The van der Waals surface area contributed by atoms with Crippen LogP contribution in [0.1, 0.15) is 45.2 Å². The predicted octanol–water partition coefficient (Wildman–Crippen LogP) is 7.26. The van der Waals surface area contributed by atoms with E-state index in [1.807, 2.05) is 182 Å². The summed E-state index contributed by atoms with van der Waals surface area (Å²) in [5.74, 6) is -1.33. The van der Waals surface area contributed by atoms with E-state index >= 15 is 0 Å². The molecule has 12 nitrogen and oxygen atoms in total. The minimum absolute atomic E-state index is 0.193. The standard InChI is InChI=1S/C51H44N2O10S/c1-64(58,59)63-45-43(35-60-50(37-20-8-2-9-21-37,38-22-10-3-11-23-38)39-24-12-4-13-25-39)61-48(53-34-36(32-33-44(54)55)47(56)52-49(53)57)46(45)62-51(40-26-14-5-15-27-40,41-28-16-6-17-29-41)42-30-18-7-19-31-42/h2-34,43,45-46,48H,35H2,1H3,(H,54,55)(H,52,56,57)/t43-,45-,46-,48-/m1/s1. The van der Waals surface area contributed by atoms with Crippen LogP contribution in [-0.2, 0) is 44.5 Å². The summed E-state index contributed by atoms with van der Waals surface area (Å²) >= 11 is 0. The summed E-state index contributed by atoms with van der Waals surface area (Å²) in [5, 5.41) is 9.45. The molecule has 0 unspecified atom stereocenters. The van der Waals surface area contributed by atoms with E-state index in [0.29, 0.717) is 16.7 Å². The fourth-order valence-electron chi connectivity index (χ4n) is 8.38. The largest absolute Gasteiger partial charge is 0.478 e. The fourth-order valence-corrected chi connectivity index (χ4v) is 9.02. The number of rotatable bonds is 16. The molecule has 8 rings (SSSR count). The SMILES string of the molecule is CS(=O)(=O)O[C@H]1[C@@H](OC(c2ccccc2)(c2ccccc2)c2ccccc2)[C@H](n2cc(C=CC(=O)O)c(=O)[nH]c2=O)O[C@@H]1COC(c1ccccc1)(c1ccccc1)c1ccccc1. The molecule has 6 aromatic carbocycles. The van der Waals surface area contributed by atoms with Gasteiger partial charge in [-0.05, 0) is 39.5 Å². The average molecular weight is 877 g/mol. The van der Waals surface area contributed by atoms with Crippen molar-refractivity contribution >= 4 is 22.2 Å². The molecule has 4 atom stereocenters. The zero-order valence-corrected chi connectivity index (χ0v) is 35.4. The molecule has 2 N–H and O–H groups in total. The second-order valence-electron chi connectivity index (χ2n) is 15.2. The van der Waals surface area contributed by atoms with Gasteiger partial charge in [-0.25, -0.2) is 9.59 Å². The van der Waals surface area contributed by atoms with E-state index in [1.165, 1.54) is 0 Å². The molecule has 2 heterocycles. The average Bonchev–Trinajstić information content (AvgIpc) is 3.64. The van der Waals surface area contributed by atoms with Gasteiger partial charge in [0.15, 0.2) is 6.23 Å². The monoisotopic (exact) mass is 876 g/mol. The van der Waals surface area contributed by atoms with E-state index in [4.69, 9.17) is 18.4 Å². The first-order valence-corrected chi connectivity index (χ1v) is 22.3. The van der Waals surface area contributed by atoms with E-state index in [0.717, 1.165) is 45.9 Å². The van der Waals surface area contributed by atoms with Crippen molar-refractivity contribution < 1.29 is 36.7 Å². The molecule has 7 aromatic rings. The molecule has 64 heavy (non-hydrogen) atoms. The quantitative estimate of drug-likeness (QED) is 0.0574. The summed E-state index contributed by atoms with van der Waals surface area (Å²) in [4.78, 5) is 41.0. The van der Waals surface area contributed by atoms with Gasteiger partial charge in [0.05, 0.1) is 18.4 Å². The van der Waals surface area contributed by atoms with E-state index in [-0.39, 0.29) is 12.2 Å². The molecule has 0 spiro atoms. The number of hydrogen-bond donors (Lipinski definition) is 2. The van der Waals surface area contributed by atoms with Gasteiger partial charge in [-0.15, -0.1) is 0 Å². The van der Waals surface area contributed by atoms with Crippen LogP contribution < -0.4 is 11.2 Å². The molecule has 1 fully saturated rings. The van der Waals surface area contributed by atoms with Crippen LogP contribution in [0, 0.1) is 0 Å². The minimum Gasteiger partial charge on any atom is -0.478 e. The van der Waals surface area contributed by atoms with Crippen LogP contribution >= 0.6 is 0 Å². The third-order valence-electron chi connectivity index (χ3n) is 11.1. The summed E-state index contributed by atoms with van der Waals surface area (Å²) in [5.41, 5.74) is -0.544. The Hall–Kier alpha value is -7.00. The normalized spacial score (nSPS) is 18.0. The minimum atomic E-state index is -4.32. The molecule has 0 bridgehead atoms. The molecule has 1 aromatic heterocycles. The lowest BCUT2D eigenvalue weighted by Gasteiger charge is -2.40. The Morgan fingerprint density at radius 3 is 1.42 bits per heavy atom. The van der Waals surface area contributed by atoms with Gasteiger partial charge in [0.2, 0.25) is 0 Å². The molecule has 1 aliphatic rings. The number of H-pyrrole nitrogens is 1. The van der Waals surface area contributed by atoms with Crippen molar-refractivity contribution in [3.8, 4) is 0 Å². The van der Waals surface area contributed by atoms with Crippen molar-refractivity contribution in [3.63, 3.8) is 0 Å². The van der Waals surface area contributed by atoms with Gasteiger partial charge in [-0.1, -0.05) is 182 Å². The number of nitrogens with one attached hydrogen (secondary N) is 1. The second kappa shape index (κ2) is 18.8. The Morgan fingerprint density at radius 2 is 1.05 bits per heavy atom. The van der Waals surface area contributed by atoms with Crippen LogP contribution in [-0.4, -0.2) is 60.2 Å². The zero-order valence-electron chi connectivity index (χ0n) is 34.5. The molecular formula is C51H44N2O10S. The summed E-state index contributed by atoms with van der Waals surface area (Å²) in [7, 11) is -4.32. The smallest absolute Gasteiger partial charge is 0.330 e. The van der Waals surface area contributed by atoms with Crippen LogP contribution in [0.5, 0.6) is 0 Å². The number of carboxylic acid groups (broad SMARTS) is 1. The molecule has 0 aliphatic carbocycles. The van der Waals surface area contributed by atoms with Crippen molar-refractivity contribution in [2.24, 2.45) is 0 Å². The van der Waals surface area contributed by atoms with Gasteiger partial charge in [0, 0.05) is 12.3 Å². The van der Waals surface area contributed by atoms with E-state index < -0.39 is 63.1 Å². The lowest BCUT2D eigenvalue weighted by molar-refractivity contribution is -0.131. The number of hydrogen-bond acceptors (Lipinski definition) is 9. The predicted molar refractivity (Wildman–Crippen MR) is 241 cm³/mol. The Morgan fingerprint density at radius 1 is 0.656 bits per heavy atom. The number of carboxylic acids is 1. The van der Waals surface area contributed by atoms with Crippen molar-refractivity contribution in [2.45, 2.75) is 35.7 Å². The third-order valence-corrected chi connectivity index (χ3v) is 11.7. The van der Waals surface area contributed by atoms with Crippen molar-refractivity contribution in [1.29, 1.82) is 0 Å². The highest BCUT2D eigenvalue weighted by Crippen LogP contribution is 2.47. The number of aromatic nitrogens is 2. The fraction of sp³-hybridized carbons (Fsp3) is 0.157. The van der Waals surface area contributed by atoms with E-state index in [9.17, 15) is 27.9 Å². The van der Waals surface area contributed by atoms with Crippen molar-refractivity contribution in [2.75, 3.05) is 12.9 Å². The number of benzene rings is 6. The Balaban J connectivity index is 1.36. The summed E-state index contributed by atoms with van der Waals surface area (Å²) in [6.45, 7) is -0.325. The zero-order chi connectivity index (χ0) is 44.7. The summed E-state index contributed by atoms with van der Waals surface area (Å²) in [6, 6.07) is 56.7. The molecule has 0 saturated carbocycles. The van der Waals surface area contributed by atoms with E-state index in [1.54, 1.807) is 0 Å². The molecule has 1 saturated heterocycles. The van der Waals surface area contributed by atoms with Crippen LogP contribution in [0.3, 0.4) is 0 Å². The number of aliphatic carboxylic acids is 1. The maximum atomic E-state index is 14.1. The van der Waals surface area contributed by atoms with Gasteiger partial charge in [0.1, 0.15) is 29.5 Å². The second-order valence-corrected chi connectivity index (χ2v) is 16.8. The molecular weight excluding hydrogens is 833 g/mol. The highest BCUT2D eigenvalue weighted by Gasteiger charge is 2.55. The van der Waals surface area contributed by atoms with Crippen molar-refractivity contribution in [3.05, 3.63) is 254 Å². The topological polar surface area (TPSA) is 163 Å². The molecule has 324 valence electrons. The maximum absolute atomic E-state index is 14.1. The first-order chi connectivity index (χ1) is 31.0. The van der Waals surface area contributed by atoms with Gasteiger partial charge >= 0.3 is 11.7 Å². The summed E-state index contributed by atoms with van der Waals surface area (Å²) in [6.07, 6.45) is -1.90. The lowest BCUT2D eigenvalue weighted by atomic mass is 9.79. The Bertz CT molecular complexity index is 2740. The Kier molecular flexibility index (Phi) is 12.8. The Labute approximate surface area is 369 Å². The first kappa shape index (κ1) is 43.6. The van der Waals surface area contributed by atoms with Gasteiger partial charge < -0.3 is 19.3 Å². The van der Waals surface area contributed by atoms with Crippen LogP contribution in [0.25, 0.3) is 6.08 Å².